The van der Waals surface area contributed by atoms with E-state index >= 15 is 0 Å². The summed E-state index contributed by atoms with van der Waals surface area (Å²) in [6, 6.07) is 3.80. The topological polar surface area (TPSA) is 48.7 Å². The predicted molar refractivity (Wildman–Crippen MR) is 62.2 cm³/mol. The van der Waals surface area contributed by atoms with Crippen LogP contribution in [0.1, 0.15) is 12.2 Å². The van der Waals surface area contributed by atoms with Crippen molar-refractivity contribution in [1.29, 1.82) is 0 Å². The fourth-order valence-electron chi connectivity index (χ4n) is 2.17. The highest BCUT2D eigenvalue weighted by Gasteiger charge is 2.19. The summed E-state index contributed by atoms with van der Waals surface area (Å²) < 4.78 is 12.4. The lowest BCUT2D eigenvalue weighted by Gasteiger charge is -2.01. The molecule has 1 aliphatic rings. The maximum atomic E-state index is 5.36. The molecule has 90 valence electrons. The summed E-state index contributed by atoms with van der Waals surface area (Å²) in [4.78, 5) is 4.52. The minimum Gasteiger partial charge on any atom is -0.493 e. The molecule has 2 aromatic rings. The summed E-state index contributed by atoms with van der Waals surface area (Å²) in [5.41, 5.74) is 0.781. The molecule has 5 heteroatoms. The zero-order chi connectivity index (χ0) is 11.7. The molecule has 1 aliphatic heterocycles. The Hall–Kier alpha value is -1.62. The molecule has 0 bridgehead atoms. The Labute approximate surface area is 99.4 Å². The number of nitrogens with zero attached hydrogens (tertiary/aromatic N) is 3. The first-order chi connectivity index (χ1) is 8.36. The van der Waals surface area contributed by atoms with Crippen LogP contribution in [0.2, 0.25) is 0 Å². The number of fused-ring (bicyclic) bond motifs is 1. The SMILES string of the molecule is COc1cccn2nc(CC3CCOC3)nc12. The zero-order valence-corrected chi connectivity index (χ0v) is 9.80. The van der Waals surface area contributed by atoms with Gasteiger partial charge in [-0.3, -0.25) is 0 Å². The minimum atomic E-state index is 0.554. The fourth-order valence-corrected chi connectivity index (χ4v) is 2.17. The van der Waals surface area contributed by atoms with Gasteiger partial charge in [0.1, 0.15) is 0 Å². The van der Waals surface area contributed by atoms with Gasteiger partial charge in [-0.2, -0.15) is 5.10 Å². The van der Waals surface area contributed by atoms with Crippen molar-refractivity contribution in [1.82, 2.24) is 14.6 Å². The third-order valence-electron chi connectivity index (χ3n) is 3.09. The molecule has 0 saturated carbocycles. The number of pyridine rings is 1. The van der Waals surface area contributed by atoms with Crippen LogP contribution in [-0.4, -0.2) is 34.9 Å². The minimum absolute atomic E-state index is 0.554. The number of rotatable bonds is 3. The largest absolute Gasteiger partial charge is 0.493 e. The molecular weight excluding hydrogens is 218 g/mol. The Morgan fingerprint density at radius 3 is 3.29 bits per heavy atom. The van der Waals surface area contributed by atoms with E-state index in [1.165, 1.54) is 0 Å². The van der Waals surface area contributed by atoms with Gasteiger partial charge in [0, 0.05) is 25.8 Å². The molecule has 0 spiro atoms. The van der Waals surface area contributed by atoms with Gasteiger partial charge in [0.2, 0.25) is 0 Å². The number of aromatic nitrogens is 3. The Bertz CT molecular complexity index is 517. The first kappa shape index (κ1) is 10.5. The first-order valence-corrected chi connectivity index (χ1v) is 5.83. The van der Waals surface area contributed by atoms with E-state index in [-0.39, 0.29) is 0 Å². The normalized spacial score (nSPS) is 19.9. The lowest BCUT2D eigenvalue weighted by atomic mass is 10.1. The molecule has 0 amide bonds. The molecule has 0 aromatic carbocycles. The number of hydrogen-bond donors (Lipinski definition) is 0. The molecule has 17 heavy (non-hydrogen) atoms. The van der Waals surface area contributed by atoms with E-state index in [1.807, 2.05) is 18.3 Å². The van der Waals surface area contributed by atoms with E-state index in [2.05, 4.69) is 10.1 Å². The second-order valence-electron chi connectivity index (χ2n) is 4.31. The van der Waals surface area contributed by atoms with E-state index in [9.17, 15) is 0 Å². The van der Waals surface area contributed by atoms with Crippen LogP contribution in [0.25, 0.3) is 5.65 Å². The standard InChI is InChI=1S/C12H15N3O2/c1-16-10-3-2-5-15-12(10)13-11(14-15)7-9-4-6-17-8-9/h2-3,5,9H,4,6-8H2,1H3. The summed E-state index contributed by atoms with van der Waals surface area (Å²) in [5, 5.41) is 4.45. The van der Waals surface area contributed by atoms with Crippen molar-refractivity contribution in [2.24, 2.45) is 5.92 Å². The molecule has 0 N–H and O–H groups in total. The quantitative estimate of drug-likeness (QED) is 0.802. The molecule has 2 aromatic heterocycles. The van der Waals surface area contributed by atoms with Crippen LogP contribution in [-0.2, 0) is 11.2 Å². The van der Waals surface area contributed by atoms with Gasteiger partial charge in [0.15, 0.2) is 17.2 Å². The van der Waals surface area contributed by atoms with Crippen LogP contribution in [0.4, 0.5) is 0 Å². The van der Waals surface area contributed by atoms with Crippen LogP contribution in [0, 0.1) is 5.92 Å². The number of ether oxygens (including phenoxy) is 2. The third-order valence-corrected chi connectivity index (χ3v) is 3.09. The molecule has 1 saturated heterocycles. The van der Waals surface area contributed by atoms with Gasteiger partial charge in [0.25, 0.3) is 0 Å². The highest BCUT2D eigenvalue weighted by atomic mass is 16.5. The van der Waals surface area contributed by atoms with Gasteiger partial charge in [-0.25, -0.2) is 9.50 Å². The second-order valence-corrected chi connectivity index (χ2v) is 4.31. The zero-order valence-electron chi connectivity index (χ0n) is 9.80. The highest BCUT2D eigenvalue weighted by molar-refractivity contribution is 5.52. The Morgan fingerprint density at radius 2 is 2.53 bits per heavy atom. The molecule has 1 unspecified atom stereocenters. The molecule has 3 heterocycles. The summed E-state index contributed by atoms with van der Waals surface area (Å²) in [7, 11) is 1.65. The second kappa shape index (κ2) is 4.33. The maximum Gasteiger partial charge on any atom is 0.198 e. The van der Waals surface area contributed by atoms with Crippen molar-refractivity contribution in [3.8, 4) is 5.75 Å². The number of methoxy groups -OCH3 is 1. The highest BCUT2D eigenvalue weighted by Crippen LogP contribution is 2.20. The summed E-state index contributed by atoms with van der Waals surface area (Å²) in [5.74, 6) is 2.18. The fraction of sp³-hybridized carbons (Fsp3) is 0.500. The van der Waals surface area contributed by atoms with E-state index in [0.717, 1.165) is 43.3 Å². The lowest BCUT2D eigenvalue weighted by Crippen LogP contribution is -2.05. The molecular formula is C12H15N3O2. The van der Waals surface area contributed by atoms with Gasteiger partial charge in [-0.1, -0.05) is 0 Å². The van der Waals surface area contributed by atoms with Crippen LogP contribution >= 0.6 is 0 Å². The van der Waals surface area contributed by atoms with Crippen LogP contribution in [0.3, 0.4) is 0 Å². The van der Waals surface area contributed by atoms with Crippen molar-refractivity contribution in [3.63, 3.8) is 0 Å². The van der Waals surface area contributed by atoms with Gasteiger partial charge in [-0.15, -0.1) is 0 Å². The average Bonchev–Trinajstić information content (AvgIpc) is 2.97. The maximum absolute atomic E-state index is 5.36. The monoisotopic (exact) mass is 233 g/mol. The van der Waals surface area contributed by atoms with E-state index in [4.69, 9.17) is 9.47 Å². The van der Waals surface area contributed by atoms with Crippen molar-refractivity contribution >= 4 is 5.65 Å². The molecule has 1 fully saturated rings. The third kappa shape index (κ3) is 1.98. The Morgan fingerprint density at radius 1 is 1.59 bits per heavy atom. The first-order valence-electron chi connectivity index (χ1n) is 5.83. The van der Waals surface area contributed by atoms with Crippen molar-refractivity contribution in [3.05, 3.63) is 24.2 Å². The Balaban J connectivity index is 1.90. The lowest BCUT2D eigenvalue weighted by molar-refractivity contribution is 0.185. The van der Waals surface area contributed by atoms with E-state index in [1.54, 1.807) is 11.6 Å². The van der Waals surface area contributed by atoms with Gasteiger partial charge < -0.3 is 9.47 Å². The summed E-state index contributed by atoms with van der Waals surface area (Å²) in [6.07, 6.45) is 3.87. The molecule has 1 atom stereocenters. The Kier molecular flexibility index (Phi) is 2.68. The predicted octanol–water partition coefficient (Wildman–Crippen LogP) is 1.32. The number of hydrogen-bond acceptors (Lipinski definition) is 4. The molecule has 3 rings (SSSR count). The molecule has 0 radical (unpaired) electrons. The average molecular weight is 233 g/mol. The van der Waals surface area contributed by atoms with E-state index < -0.39 is 0 Å². The van der Waals surface area contributed by atoms with Crippen LogP contribution in [0.15, 0.2) is 18.3 Å². The van der Waals surface area contributed by atoms with E-state index in [0.29, 0.717) is 5.92 Å². The van der Waals surface area contributed by atoms with Crippen molar-refractivity contribution in [2.45, 2.75) is 12.8 Å². The van der Waals surface area contributed by atoms with Gasteiger partial charge in [0.05, 0.1) is 7.11 Å². The summed E-state index contributed by atoms with van der Waals surface area (Å²) >= 11 is 0. The van der Waals surface area contributed by atoms with Crippen LogP contribution < -0.4 is 4.74 Å². The summed E-state index contributed by atoms with van der Waals surface area (Å²) in [6.45, 7) is 1.69. The van der Waals surface area contributed by atoms with Gasteiger partial charge in [-0.05, 0) is 24.5 Å². The molecule has 5 nitrogen and oxygen atoms in total. The van der Waals surface area contributed by atoms with Crippen molar-refractivity contribution in [2.75, 3.05) is 20.3 Å². The smallest absolute Gasteiger partial charge is 0.198 e. The van der Waals surface area contributed by atoms with Crippen molar-refractivity contribution < 1.29 is 9.47 Å². The van der Waals surface area contributed by atoms with Crippen LogP contribution in [0.5, 0.6) is 5.75 Å². The molecule has 0 aliphatic carbocycles. The van der Waals surface area contributed by atoms with Gasteiger partial charge >= 0.3 is 0 Å².